The molecule has 1 N–H and O–H groups in total. The van der Waals surface area contributed by atoms with Crippen LogP contribution in [0.15, 0.2) is 0 Å². The van der Waals surface area contributed by atoms with Crippen molar-refractivity contribution in [3.8, 4) is 0 Å². The summed E-state index contributed by atoms with van der Waals surface area (Å²) < 4.78 is 10.7. The number of aliphatic carboxylic acids is 1. The van der Waals surface area contributed by atoms with Crippen molar-refractivity contribution in [2.45, 2.75) is 50.4 Å². The Morgan fingerprint density at radius 2 is 2.11 bits per heavy atom. The number of hydrogen-bond acceptors (Lipinski definition) is 4. The van der Waals surface area contributed by atoms with E-state index in [9.17, 15) is 9.59 Å². The number of methoxy groups -OCH3 is 1. The number of nitrogens with zero attached hydrogens (tertiary/aromatic N) is 1. The normalized spacial score (nSPS) is 29.7. The van der Waals surface area contributed by atoms with Gasteiger partial charge in [0.25, 0.3) is 0 Å². The van der Waals surface area contributed by atoms with Gasteiger partial charge in [0, 0.05) is 13.7 Å². The Bertz CT molecular complexity index is 361. The Labute approximate surface area is 112 Å². The quantitative estimate of drug-likeness (QED) is 0.812. The largest absolute Gasteiger partial charge is 0.479 e. The zero-order chi connectivity index (χ0) is 14.0. The van der Waals surface area contributed by atoms with E-state index in [4.69, 9.17) is 14.6 Å². The van der Waals surface area contributed by atoms with E-state index in [0.29, 0.717) is 13.0 Å². The summed E-state index contributed by atoms with van der Waals surface area (Å²) in [5, 5.41) is 9.00. The van der Waals surface area contributed by atoms with E-state index in [0.717, 1.165) is 19.3 Å². The molecule has 1 aliphatic heterocycles. The maximum Gasteiger partial charge on any atom is 0.334 e. The van der Waals surface area contributed by atoms with Gasteiger partial charge < -0.3 is 19.5 Å². The summed E-state index contributed by atoms with van der Waals surface area (Å²) in [6.45, 7) is 2.35. The fourth-order valence-electron chi connectivity index (χ4n) is 2.70. The number of hydrogen-bond donors (Lipinski definition) is 1. The van der Waals surface area contributed by atoms with E-state index in [1.54, 1.807) is 18.9 Å². The van der Waals surface area contributed by atoms with Crippen LogP contribution in [0, 0.1) is 0 Å². The van der Waals surface area contributed by atoms with E-state index in [1.807, 2.05) is 0 Å². The van der Waals surface area contributed by atoms with Crippen molar-refractivity contribution in [2.75, 3.05) is 20.2 Å². The molecule has 108 valence electrons. The topological polar surface area (TPSA) is 76.1 Å². The van der Waals surface area contributed by atoms with Gasteiger partial charge in [0.05, 0.1) is 24.7 Å². The molecule has 1 saturated heterocycles. The molecule has 1 unspecified atom stereocenters. The fraction of sp³-hybridized carbons (Fsp3) is 0.846. The molecule has 0 aromatic heterocycles. The minimum Gasteiger partial charge on any atom is -0.479 e. The van der Waals surface area contributed by atoms with Crippen LogP contribution >= 0.6 is 0 Å². The maximum atomic E-state index is 12.3. The van der Waals surface area contributed by atoms with E-state index < -0.39 is 12.1 Å². The Morgan fingerprint density at radius 1 is 1.42 bits per heavy atom. The van der Waals surface area contributed by atoms with Crippen LogP contribution in [0.25, 0.3) is 0 Å². The smallest absolute Gasteiger partial charge is 0.334 e. The minimum absolute atomic E-state index is 0.0389. The van der Waals surface area contributed by atoms with E-state index >= 15 is 0 Å². The minimum atomic E-state index is -1.02. The molecule has 2 aliphatic rings. The lowest BCUT2D eigenvalue weighted by Gasteiger charge is -2.42. The van der Waals surface area contributed by atoms with Crippen LogP contribution in [0.3, 0.4) is 0 Å². The van der Waals surface area contributed by atoms with Gasteiger partial charge in [-0.05, 0) is 26.2 Å². The molecular weight excluding hydrogens is 250 g/mol. The molecule has 0 radical (unpaired) electrons. The van der Waals surface area contributed by atoms with Gasteiger partial charge in [0.2, 0.25) is 5.91 Å². The van der Waals surface area contributed by atoms with Gasteiger partial charge in [0.15, 0.2) is 6.10 Å². The molecule has 6 heteroatoms. The summed E-state index contributed by atoms with van der Waals surface area (Å²) in [4.78, 5) is 24.9. The molecule has 19 heavy (non-hydrogen) atoms. The molecule has 0 aromatic carbocycles. The molecule has 0 spiro atoms. The standard InChI is InChI=1S/C13H21NO5/c1-9-7-14(8-10(19-9)12(16)17)11(15)6-13(18-2)4-3-5-13/h9-10H,3-8H2,1-2H3,(H,16,17)/t9-,10?/m1/s1. The molecule has 2 fully saturated rings. The highest BCUT2D eigenvalue weighted by Gasteiger charge is 2.41. The average molecular weight is 271 g/mol. The van der Waals surface area contributed by atoms with E-state index in [1.165, 1.54) is 0 Å². The van der Waals surface area contributed by atoms with E-state index in [-0.39, 0.29) is 24.2 Å². The van der Waals surface area contributed by atoms with Gasteiger partial charge in [-0.3, -0.25) is 4.79 Å². The molecular formula is C13H21NO5. The highest BCUT2D eigenvalue weighted by Crippen LogP contribution is 2.38. The third-order valence-corrected chi connectivity index (χ3v) is 4.06. The molecule has 2 atom stereocenters. The predicted molar refractivity (Wildman–Crippen MR) is 66.8 cm³/mol. The monoisotopic (exact) mass is 271 g/mol. The Balaban J connectivity index is 1.96. The van der Waals surface area contributed by atoms with E-state index in [2.05, 4.69) is 0 Å². The number of carbonyl (C=O) groups is 2. The second-order valence-electron chi connectivity index (χ2n) is 5.49. The zero-order valence-corrected chi connectivity index (χ0v) is 11.4. The lowest BCUT2D eigenvalue weighted by atomic mass is 9.77. The Morgan fingerprint density at radius 3 is 2.58 bits per heavy atom. The number of carboxylic acids is 1. The lowest BCUT2D eigenvalue weighted by Crippen LogP contribution is -2.54. The summed E-state index contributed by atoms with van der Waals surface area (Å²) in [6.07, 6.45) is 2.04. The van der Waals surface area contributed by atoms with Crippen LogP contribution in [-0.2, 0) is 19.1 Å². The van der Waals surface area contributed by atoms with Crippen LogP contribution in [0.1, 0.15) is 32.6 Å². The number of ether oxygens (including phenoxy) is 2. The zero-order valence-electron chi connectivity index (χ0n) is 11.4. The molecule has 1 saturated carbocycles. The summed E-state index contributed by atoms with van der Waals surface area (Å²) in [7, 11) is 1.63. The van der Waals surface area contributed by atoms with Crippen molar-refractivity contribution in [3.63, 3.8) is 0 Å². The highest BCUT2D eigenvalue weighted by molar-refractivity contribution is 5.79. The first-order chi connectivity index (χ1) is 8.96. The summed E-state index contributed by atoms with van der Waals surface area (Å²) in [5.41, 5.74) is -0.322. The molecule has 2 rings (SSSR count). The summed E-state index contributed by atoms with van der Waals surface area (Å²) in [6, 6.07) is 0. The SMILES string of the molecule is COC1(CC(=O)N2CC(C(=O)O)O[C@H](C)C2)CCC1. The Hall–Kier alpha value is -1.14. The Kier molecular flexibility index (Phi) is 4.10. The van der Waals surface area contributed by atoms with Crippen molar-refractivity contribution >= 4 is 11.9 Å². The van der Waals surface area contributed by atoms with Crippen LogP contribution in [0.2, 0.25) is 0 Å². The van der Waals surface area contributed by atoms with Gasteiger partial charge >= 0.3 is 5.97 Å². The van der Waals surface area contributed by atoms with Crippen molar-refractivity contribution in [3.05, 3.63) is 0 Å². The van der Waals surface area contributed by atoms with Crippen LogP contribution in [-0.4, -0.2) is 59.9 Å². The van der Waals surface area contributed by atoms with Crippen molar-refractivity contribution in [1.29, 1.82) is 0 Å². The van der Waals surface area contributed by atoms with Crippen LogP contribution < -0.4 is 0 Å². The van der Waals surface area contributed by atoms with Gasteiger partial charge in [-0.2, -0.15) is 0 Å². The second-order valence-corrected chi connectivity index (χ2v) is 5.49. The summed E-state index contributed by atoms with van der Waals surface area (Å²) in [5.74, 6) is -1.06. The highest BCUT2D eigenvalue weighted by atomic mass is 16.5. The first-order valence-corrected chi connectivity index (χ1v) is 6.67. The van der Waals surface area contributed by atoms with Crippen molar-refractivity contribution < 1.29 is 24.2 Å². The van der Waals surface area contributed by atoms with Crippen LogP contribution in [0.5, 0.6) is 0 Å². The molecule has 0 aromatic rings. The maximum absolute atomic E-state index is 12.3. The first kappa shape index (κ1) is 14.3. The van der Waals surface area contributed by atoms with Crippen LogP contribution in [0.4, 0.5) is 0 Å². The van der Waals surface area contributed by atoms with Crippen molar-refractivity contribution in [1.82, 2.24) is 4.90 Å². The van der Waals surface area contributed by atoms with Gasteiger partial charge in [-0.15, -0.1) is 0 Å². The fourth-order valence-corrected chi connectivity index (χ4v) is 2.70. The van der Waals surface area contributed by atoms with Gasteiger partial charge in [0.1, 0.15) is 0 Å². The number of carbonyl (C=O) groups excluding carboxylic acids is 1. The van der Waals surface area contributed by atoms with Crippen molar-refractivity contribution in [2.24, 2.45) is 0 Å². The number of rotatable bonds is 4. The summed E-state index contributed by atoms with van der Waals surface area (Å²) >= 11 is 0. The average Bonchev–Trinajstić information content (AvgIpc) is 2.32. The van der Waals surface area contributed by atoms with Gasteiger partial charge in [-0.25, -0.2) is 4.79 Å². The molecule has 6 nitrogen and oxygen atoms in total. The lowest BCUT2D eigenvalue weighted by molar-refractivity contribution is -0.169. The predicted octanol–water partition coefficient (Wildman–Crippen LogP) is 0.646. The van der Waals surface area contributed by atoms with Gasteiger partial charge in [-0.1, -0.05) is 0 Å². The third kappa shape index (κ3) is 3.06. The molecule has 1 amide bonds. The number of carboxylic acid groups (broad SMARTS) is 1. The molecule has 1 heterocycles. The first-order valence-electron chi connectivity index (χ1n) is 6.67. The number of morpholine rings is 1. The third-order valence-electron chi connectivity index (χ3n) is 4.06. The second kappa shape index (κ2) is 5.46. The number of amides is 1. The molecule has 0 bridgehead atoms. The molecule has 1 aliphatic carbocycles.